The van der Waals surface area contributed by atoms with Gasteiger partial charge in [0.15, 0.2) is 0 Å². The second kappa shape index (κ2) is 3.34. The van der Waals surface area contributed by atoms with Crippen molar-refractivity contribution in [1.29, 1.82) is 0 Å². The maximum Gasteiger partial charge on any atom is 0.343 e. The highest BCUT2D eigenvalue weighted by Gasteiger charge is 2.19. The van der Waals surface area contributed by atoms with E-state index in [2.05, 4.69) is 0 Å². The van der Waals surface area contributed by atoms with Crippen LogP contribution in [0.15, 0.2) is 24.3 Å². The Morgan fingerprint density at radius 2 is 2.08 bits per heavy atom. The predicted octanol–water partition coefficient (Wildman–Crippen LogP) is 2.09. The van der Waals surface area contributed by atoms with Crippen molar-refractivity contribution in [3.8, 4) is 0 Å². The minimum atomic E-state index is -1.91. The lowest BCUT2D eigenvalue weighted by Crippen LogP contribution is -2.07. The fraction of sp³-hybridized carbons (Fsp3) is 0.222. The molecule has 12 heavy (non-hydrogen) atoms. The van der Waals surface area contributed by atoms with Crippen LogP contribution in [-0.4, -0.2) is 11.1 Å². The molecule has 1 aromatic carbocycles. The highest BCUT2D eigenvalue weighted by molar-refractivity contribution is 5.74. The molecule has 0 aromatic heterocycles. The molecule has 0 fully saturated rings. The number of aryl methyl sites for hydroxylation is 1. The van der Waals surface area contributed by atoms with Crippen LogP contribution in [0.2, 0.25) is 0 Å². The van der Waals surface area contributed by atoms with Crippen molar-refractivity contribution < 1.29 is 14.3 Å². The van der Waals surface area contributed by atoms with Gasteiger partial charge in [-0.3, -0.25) is 0 Å². The Hall–Kier alpha value is -1.38. The fourth-order valence-corrected chi connectivity index (χ4v) is 1.00. The van der Waals surface area contributed by atoms with Gasteiger partial charge in [0.2, 0.25) is 6.17 Å². The van der Waals surface area contributed by atoms with Crippen molar-refractivity contribution in [3.63, 3.8) is 0 Å². The minimum absolute atomic E-state index is 0.227. The molecule has 0 bridgehead atoms. The van der Waals surface area contributed by atoms with Crippen molar-refractivity contribution >= 4 is 5.97 Å². The lowest BCUT2D eigenvalue weighted by molar-refractivity contribution is -0.143. The Morgan fingerprint density at radius 3 is 2.58 bits per heavy atom. The molecule has 0 aliphatic heterocycles. The number of carbonyl (C=O) groups is 1. The number of carboxylic acid groups (broad SMARTS) is 1. The number of hydrogen-bond donors (Lipinski definition) is 1. The Kier molecular flexibility index (Phi) is 2.43. The molecule has 0 aliphatic carbocycles. The third-order valence-electron chi connectivity index (χ3n) is 1.68. The Bertz CT molecular complexity index is 296. The van der Waals surface area contributed by atoms with E-state index in [4.69, 9.17) is 5.11 Å². The molecule has 0 aliphatic rings. The number of halogens is 1. The molecule has 3 heteroatoms. The van der Waals surface area contributed by atoms with Gasteiger partial charge in [-0.25, -0.2) is 9.18 Å². The highest BCUT2D eigenvalue weighted by atomic mass is 19.1. The zero-order valence-corrected chi connectivity index (χ0v) is 6.62. The average molecular weight is 168 g/mol. The second-order valence-corrected chi connectivity index (χ2v) is 2.56. The molecule has 1 rings (SSSR count). The normalized spacial score (nSPS) is 12.5. The van der Waals surface area contributed by atoms with E-state index in [1.165, 1.54) is 6.07 Å². The van der Waals surface area contributed by atoms with Gasteiger partial charge in [0.25, 0.3) is 0 Å². The number of rotatable bonds is 2. The molecule has 0 spiro atoms. The first-order chi connectivity index (χ1) is 5.63. The maximum atomic E-state index is 12.9. The number of benzene rings is 1. The van der Waals surface area contributed by atoms with Crippen LogP contribution in [0.5, 0.6) is 0 Å². The molecule has 0 saturated heterocycles. The average Bonchev–Trinajstić information content (AvgIpc) is 2.04. The van der Waals surface area contributed by atoms with Crippen LogP contribution in [0.1, 0.15) is 17.3 Å². The third-order valence-corrected chi connectivity index (χ3v) is 1.68. The van der Waals surface area contributed by atoms with E-state index < -0.39 is 12.1 Å². The van der Waals surface area contributed by atoms with Crippen molar-refractivity contribution in [1.82, 2.24) is 0 Å². The number of hydrogen-bond acceptors (Lipinski definition) is 1. The van der Waals surface area contributed by atoms with E-state index in [0.717, 1.165) is 0 Å². The summed E-state index contributed by atoms with van der Waals surface area (Å²) in [5.41, 5.74) is 0.886. The molecule has 0 amide bonds. The van der Waals surface area contributed by atoms with E-state index in [0.29, 0.717) is 5.56 Å². The Labute approximate surface area is 69.6 Å². The van der Waals surface area contributed by atoms with Gasteiger partial charge >= 0.3 is 5.97 Å². The quantitative estimate of drug-likeness (QED) is 0.734. The van der Waals surface area contributed by atoms with E-state index in [-0.39, 0.29) is 5.56 Å². The lowest BCUT2D eigenvalue weighted by atomic mass is 10.1. The van der Waals surface area contributed by atoms with E-state index in [1.807, 2.05) is 0 Å². The topological polar surface area (TPSA) is 37.3 Å². The van der Waals surface area contributed by atoms with Gasteiger partial charge in [-0.2, -0.15) is 0 Å². The summed E-state index contributed by atoms with van der Waals surface area (Å²) < 4.78 is 12.9. The molecule has 0 radical (unpaired) electrons. The van der Waals surface area contributed by atoms with Gasteiger partial charge in [0, 0.05) is 5.56 Å². The zero-order valence-electron chi connectivity index (χ0n) is 6.62. The summed E-state index contributed by atoms with van der Waals surface area (Å²) in [5.74, 6) is -1.44. The summed E-state index contributed by atoms with van der Waals surface area (Å²) in [4.78, 5) is 10.3. The summed E-state index contributed by atoms with van der Waals surface area (Å²) in [6, 6.07) is 6.53. The van der Waals surface area contributed by atoms with E-state index >= 15 is 0 Å². The van der Waals surface area contributed by atoms with Crippen LogP contribution < -0.4 is 0 Å². The molecule has 64 valence electrons. The summed E-state index contributed by atoms with van der Waals surface area (Å²) in [6.45, 7) is 1.69. The number of alkyl halides is 1. The van der Waals surface area contributed by atoms with E-state index in [1.54, 1.807) is 25.1 Å². The third kappa shape index (κ3) is 1.61. The lowest BCUT2D eigenvalue weighted by Gasteiger charge is -2.05. The SMILES string of the molecule is Cc1ccccc1[C@H](F)C(=O)O. The van der Waals surface area contributed by atoms with Crippen LogP contribution in [0.25, 0.3) is 0 Å². The first-order valence-electron chi connectivity index (χ1n) is 3.55. The summed E-state index contributed by atoms with van der Waals surface area (Å²) in [5, 5.41) is 8.38. The smallest absolute Gasteiger partial charge is 0.343 e. The van der Waals surface area contributed by atoms with Crippen molar-refractivity contribution in [2.24, 2.45) is 0 Å². The first kappa shape index (κ1) is 8.71. The monoisotopic (exact) mass is 168 g/mol. The van der Waals surface area contributed by atoms with Gasteiger partial charge in [-0.05, 0) is 12.5 Å². The Balaban J connectivity index is 3.02. The van der Waals surface area contributed by atoms with Crippen molar-refractivity contribution in [2.75, 3.05) is 0 Å². The van der Waals surface area contributed by atoms with Crippen molar-refractivity contribution in [2.45, 2.75) is 13.1 Å². The van der Waals surface area contributed by atoms with Gasteiger partial charge in [0.05, 0.1) is 0 Å². The maximum absolute atomic E-state index is 12.9. The fourth-order valence-electron chi connectivity index (χ4n) is 1.00. The van der Waals surface area contributed by atoms with Crippen LogP contribution in [0.3, 0.4) is 0 Å². The largest absolute Gasteiger partial charge is 0.479 e. The predicted molar refractivity (Wildman–Crippen MR) is 42.7 cm³/mol. The standard InChI is InChI=1S/C9H9FO2/c1-6-4-2-3-5-7(6)8(10)9(11)12/h2-5,8H,1H3,(H,11,12)/t8-/m0/s1. The second-order valence-electron chi connectivity index (χ2n) is 2.56. The van der Waals surface area contributed by atoms with Gasteiger partial charge in [-0.1, -0.05) is 24.3 Å². The number of aliphatic carboxylic acids is 1. The van der Waals surface area contributed by atoms with E-state index in [9.17, 15) is 9.18 Å². The highest BCUT2D eigenvalue weighted by Crippen LogP contribution is 2.20. The molecule has 1 N–H and O–H groups in total. The van der Waals surface area contributed by atoms with Gasteiger partial charge in [0.1, 0.15) is 0 Å². The van der Waals surface area contributed by atoms with Crippen LogP contribution in [0.4, 0.5) is 4.39 Å². The minimum Gasteiger partial charge on any atom is -0.479 e. The molecular weight excluding hydrogens is 159 g/mol. The Morgan fingerprint density at radius 1 is 1.50 bits per heavy atom. The summed E-state index contributed by atoms with van der Waals surface area (Å²) >= 11 is 0. The molecule has 0 unspecified atom stereocenters. The van der Waals surface area contributed by atoms with Gasteiger partial charge in [-0.15, -0.1) is 0 Å². The van der Waals surface area contributed by atoms with Crippen LogP contribution in [0, 0.1) is 6.92 Å². The molecule has 2 nitrogen and oxygen atoms in total. The van der Waals surface area contributed by atoms with Crippen LogP contribution >= 0.6 is 0 Å². The first-order valence-corrected chi connectivity index (χ1v) is 3.55. The van der Waals surface area contributed by atoms with Crippen LogP contribution in [-0.2, 0) is 4.79 Å². The molecule has 1 atom stereocenters. The van der Waals surface area contributed by atoms with Crippen molar-refractivity contribution in [3.05, 3.63) is 35.4 Å². The molecular formula is C9H9FO2. The summed E-state index contributed by atoms with van der Waals surface area (Å²) in [7, 11) is 0. The molecule has 0 saturated carbocycles. The molecule has 0 heterocycles. The molecule has 1 aromatic rings. The number of carboxylic acids is 1. The zero-order chi connectivity index (χ0) is 9.14. The summed E-state index contributed by atoms with van der Waals surface area (Å²) in [6.07, 6.45) is -1.91. The van der Waals surface area contributed by atoms with Gasteiger partial charge < -0.3 is 5.11 Å².